The fraction of sp³-hybridized carbons (Fsp3) is 0.500. The molecule has 1 N–H and O–H groups in total. The van der Waals surface area contributed by atoms with Gasteiger partial charge >= 0.3 is 0 Å². The van der Waals surface area contributed by atoms with E-state index in [0.717, 1.165) is 0 Å². The van der Waals surface area contributed by atoms with Crippen LogP contribution in [0.15, 0.2) is 4.99 Å². The molecule has 1 aliphatic heterocycles. The lowest BCUT2D eigenvalue weighted by Crippen LogP contribution is -2.16. The van der Waals surface area contributed by atoms with E-state index in [1.54, 1.807) is 6.21 Å². The fourth-order valence-electron chi connectivity index (χ4n) is 0.325. The lowest BCUT2D eigenvalue weighted by molar-refractivity contribution is 0.800. The van der Waals surface area contributed by atoms with E-state index >= 15 is 0 Å². The van der Waals surface area contributed by atoms with Crippen LogP contribution in [-0.2, 0) is 0 Å². The third-order valence-corrected chi connectivity index (χ3v) is 0.655. The molecule has 2 radical (unpaired) electrons. The second kappa shape index (κ2) is 1.39. The molecule has 6 heavy (non-hydrogen) atoms. The molecule has 0 aromatic rings. The number of nitrogens with one attached hydrogen (secondary N) is 1. The van der Waals surface area contributed by atoms with Crippen LogP contribution in [0.5, 0.6) is 0 Å². The first kappa shape index (κ1) is 3.81. The van der Waals surface area contributed by atoms with Gasteiger partial charge in [0.1, 0.15) is 0 Å². The third-order valence-electron chi connectivity index (χ3n) is 0.655. The number of aliphatic imine (C=N–C) groups is 1. The van der Waals surface area contributed by atoms with Gasteiger partial charge in [0.25, 0.3) is 0 Å². The predicted molar refractivity (Wildman–Crippen MR) is 24.3 cm³/mol. The van der Waals surface area contributed by atoms with Crippen molar-refractivity contribution in [3.63, 3.8) is 0 Å². The van der Waals surface area contributed by atoms with Gasteiger partial charge in [-0.1, -0.05) is 0 Å². The molecule has 0 amide bonds. The minimum atomic E-state index is 0.394. The van der Waals surface area contributed by atoms with E-state index in [2.05, 4.69) is 17.0 Å². The Bertz CT molecular complexity index is 67.9. The fourth-order valence-corrected chi connectivity index (χ4v) is 0.325. The van der Waals surface area contributed by atoms with Crippen LogP contribution < -0.4 is 5.32 Å². The summed E-state index contributed by atoms with van der Waals surface area (Å²) in [5, 5.41) is 2.85. The van der Waals surface area contributed by atoms with Crippen molar-refractivity contribution >= 4 is 6.21 Å². The molecule has 0 fully saturated rings. The summed E-state index contributed by atoms with van der Waals surface area (Å²) in [4.78, 5) is 3.68. The first-order chi connectivity index (χ1) is 2.89. The Labute approximate surface area is 37.3 Å². The molecule has 1 unspecified atom stereocenters. The highest BCUT2D eigenvalue weighted by atomic mass is 15.1. The second-order valence-electron chi connectivity index (χ2n) is 1.32. The molecule has 0 saturated heterocycles. The molecule has 1 aliphatic rings. The van der Waals surface area contributed by atoms with Gasteiger partial charge in [-0.2, -0.15) is 0 Å². The summed E-state index contributed by atoms with van der Waals surface area (Å²) in [7, 11) is 0. The average Bonchev–Trinajstić information content (AvgIpc) is 1.86. The van der Waals surface area contributed by atoms with Crippen molar-refractivity contribution < 1.29 is 0 Å². The zero-order valence-corrected chi connectivity index (χ0v) is 3.60. The van der Waals surface area contributed by atoms with E-state index in [1.807, 2.05) is 6.92 Å². The summed E-state index contributed by atoms with van der Waals surface area (Å²) in [5.74, 6) is 0. The molecule has 1 atom stereocenters. The second-order valence-corrected chi connectivity index (χ2v) is 1.32. The highest BCUT2D eigenvalue weighted by Gasteiger charge is 1.99. The average molecular weight is 82.1 g/mol. The van der Waals surface area contributed by atoms with Crippen molar-refractivity contribution in [3.8, 4) is 0 Å². The molecule has 0 saturated carbocycles. The topological polar surface area (TPSA) is 24.4 Å². The SMILES string of the molecule is CC1C=N[C]N1. The van der Waals surface area contributed by atoms with Gasteiger partial charge in [-0.05, 0) is 6.92 Å². The standard InChI is InChI=1S/C4H6N2/c1-4-2-5-3-6-4/h2,4,6H,1H3. The van der Waals surface area contributed by atoms with E-state index < -0.39 is 0 Å². The minimum absolute atomic E-state index is 0.394. The van der Waals surface area contributed by atoms with Gasteiger partial charge < -0.3 is 0 Å². The first-order valence-electron chi connectivity index (χ1n) is 1.93. The van der Waals surface area contributed by atoms with Crippen molar-refractivity contribution in [2.24, 2.45) is 4.99 Å². The molecule has 32 valence electrons. The molecule has 0 bridgehead atoms. The maximum absolute atomic E-state index is 3.68. The van der Waals surface area contributed by atoms with Crippen molar-refractivity contribution in [2.45, 2.75) is 13.0 Å². The maximum Gasteiger partial charge on any atom is 0.196 e. The third kappa shape index (κ3) is 0.571. The van der Waals surface area contributed by atoms with Gasteiger partial charge in [-0.3, -0.25) is 10.3 Å². The molecule has 0 spiro atoms. The molecule has 1 rings (SSSR count). The van der Waals surface area contributed by atoms with Crippen LogP contribution in [0.25, 0.3) is 0 Å². The molecular formula is C4H6N2. The summed E-state index contributed by atoms with van der Waals surface area (Å²) < 4.78 is 0. The van der Waals surface area contributed by atoms with Crippen molar-refractivity contribution in [1.29, 1.82) is 0 Å². The molecular weight excluding hydrogens is 76.1 g/mol. The molecule has 0 aromatic carbocycles. The Balaban J connectivity index is 2.38. The van der Waals surface area contributed by atoms with E-state index in [4.69, 9.17) is 0 Å². The highest BCUT2D eigenvalue weighted by molar-refractivity contribution is 5.66. The van der Waals surface area contributed by atoms with Gasteiger partial charge in [0, 0.05) is 12.3 Å². The summed E-state index contributed by atoms with van der Waals surface area (Å²) >= 11 is 0. The van der Waals surface area contributed by atoms with Crippen LogP contribution in [0.2, 0.25) is 0 Å². The van der Waals surface area contributed by atoms with E-state index in [0.29, 0.717) is 6.04 Å². The van der Waals surface area contributed by atoms with Gasteiger partial charge in [0.05, 0.1) is 0 Å². The Hall–Kier alpha value is -0.370. The largest absolute Gasteiger partial charge is 0.279 e. The van der Waals surface area contributed by atoms with Crippen LogP contribution in [0.1, 0.15) is 6.92 Å². The molecule has 2 nitrogen and oxygen atoms in total. The number of hydrogen-bond donors (Lipinski definition) is 1. The van der Waals surface area contributed by atoms with Gasteiger partial charge in [-0.15, -0.1) is 0 Å². The molecule has 0 aliphatic carbocycles. The van der Waals surface area contributed by atoms with E-state index in [9.17, 15) is 0 Å². The summed E-state index contributed by atoms with van der Waals surface area (Å²) in [6.07, 6.45) is 1.81. The summed E-state index contributed by atoms with van der Waals surface area (Å²) in [6.45, 7) is 4.61. The zero-order valence-electron chi connectivity index (χ0n) is 3.60. The number of nitrogens with zero attached hydrogens (tertiary/aromatic N) is 1. The van der Waals surface area contributed by atoms with Crippen LogP contribution in [-0.4, -0.2) is 12.3 Å². The predicted octanol–water partition coefficient (Wildman–Crippen LogP) is 0.0452. The smallest absolute Gasteiger partial charge is 0.196 e. The molecule has 2 heteroatoms. The normalized spacial score (nSPS) is 31.8. The highest BCUT2D eigenvalue weighted by Crippen LogP contribution is 1.86. The zero-order chi connectivity index (χ0) is 4.41. The minimum Gasteiger partial charge on any atom is -0.279 e. The summed E-state index contributed by atoms with van der Waals surface area (Å²) in [5.41, 5.74) is 0. The Morgan fingerprint density at radius 1 is 2.00 bits per heavy atom. The maximum atomic E-state index is 3.68. The van der Waals surface area contributed by atoms with Crippen molar-refractivity contribution in [3.05, 3.63) is 6.67 Å². The lowest BCUT2D eigenvalue weighted by Gasteiger charge is -1.90. The number of hydrogen-bond acceptors (Lipinski definition) is 2. The van der Waals surface area contributed by atoms with Gasteiger partial charge in [0.2, 0.25) is 0 Å². The van der Waals surface area contributed by atoms with Crippen LogP contribution in [0, 0.1) is 6.67 Å². The Morgan fingerprint density at radius 2 is 2.83 bits per heavy atom. The first-order valence-corrected chi connectivity index (χ1v) is 1.93. The van der Waals surface area contributed by atoms with Gasteiger partial charge in [0.15, 0.2) is 6.67 Å². The Kier molecular flexibility index (Phi) is 0.881. The monoisotopic (exact) mass is 82.1 g/mol. The van der Waals surface area contributed by atoms with Crippen LogP contribution in [0.4, 0.5) is 0 Å². The van der Waals surface area contributed by atoms with Crippen LogP contribution in [0.3, 0.4) is 0 Å². The quantitative estimate of drug-likeness (QED) is 0.438. The number of rotatable bonds is 0. The molecule has 0 aromatic heterocycles. The van der Waals surface area contributed by atoms with Crippen LogP contribution >= 0.6 is 0 Å². The van der Waals surface area contributed by atoms with E-state index in [1.165, 1.54) is 0 Å². The van der Waals surface area contributed by atoms with Crippen molar-refractivity contribution in [2.75, 3.05) is 0 Å². The summed E-state index contributed by atoms with van der Waals surface area (Å²) in [6, 6.07) is 0.394. The van der Waals surface area contributed by atoms with Gasteiger partial charge in [-0.25, -0.2) is 0 Å². The Morgan fingerprint density at radius 3 is 3.00 bits per heavy atom. The van der Waals surface area contributed by atoms with Crippen molar-refractivity contribution in [1.82, 2.24) is 5.32 Å². The lowest BCUT2D eigenvalue weighted by atomic mass is 10.4. The molecule has 1 heterocycles. The van der Waals surface area contributed by atoms with E-state index in [-0.39, 0.29) is 0 Å².